The quantitative estimate of drug-likeness (QED) is 0.311. The molecule has 0 bridgehead atoms. The van der Waals surface area contributed by atoms with Crippen molar-refractivity contribution in [2.45, 2.75) is 40.5 Å². The van der Waals surface area contributed by atoms with Crippen LogP contribution in [0.2, 0.25) is 0 Å². The predicted octanol–water partition coefficient (Wildman–Crippen LogP) is 3.76. The highest BCUT2D eigenvalue weighted by molar-refractivity contribution is 8.77. The van der Waals surface area contributed by atoms with Gasteiger partial charge in [-0.05, 0) is 27.2 Å². The summed E-state index contributed by atoms with van der Waals surface area (Å²) in [7, 11) is 1.30. The van der Waals surface area contributed by atoms with Crippen LogP contribution < -0.4 is 0 Å². The van der Waals surface area contributed by atoms with E-state index in [4.69, 9.17) is 13.3 Å². The summed E-state index contributed by atoms with van der Waals surface area (Å²) in [6.07, 6.45) is 2.52. The van der Waals surface area contributed by atoms with Gasteiger partial charge < -0.3 is 13.3 Å². The maximum absolute atomic E-state index is 5.78. The summed E-state index contributed by atoms with van der Waals surface area (Å²) < 4.78 is 17.3. The first kappa shape index (κ1) is 17.8. The summed E-state index contributed by atoms with van der Waals surface area (Å²) in [6, 6.07) is 0. The molecule has 0 heterocycles. The fourth-order valence-corrected chi connectivity index (χ4v) is 8.05. The van der Waals surface area contributed by atoms with Gasteiger partial charge >= 0.3 is 8.80 Å². The van der Waals surface area contributed by atoms with Crippen LogP contribution in [0.15, 0.2) is 0 Å². The molecule has 0 spiro atoms. The molecule has 3 nitrogen and oxygen atoms in total. The molecule has 0 radical (unpaired) electrons. The second kappa shape index (κ2) is 11.9. The minimum Gasteiger partial charge on any atom is -0.373 e. The minimum absolute atomic E-state index is 0.659. The van der Waals surface area contributed by atoms with Crippen LogP contribution in [-0.4, -0.2) is 39.8 Å². The van der Waals surface area contributed by atoms with Gasteiger partial charge in [0.25, 0.3) is 0 Å². The molecular formula is C11H26O3S2Si. The van der Waals surface area contributed by atoms with Gasteiger partial charge in [0, 0.05) is 25.6 Å². The molecule has 0 aromatic rings. The molecule has 0 atom stereocenters. The molecule has 0 N–H and O–H groups in total. The maximum Gasteiger partial charge on any atom is 0.512 e. The van der Waals surface area contributed by atoms with E-state index in [9.17, 15) is 0 Å². The summed E-state index contributed by atoms with van der Waals surface area (Å²) >= 11 is 0. The van der Waals surface area contributed by atoms with Crippen LogP contribution >= 0.6 is 21.6 Å². The van der Waals surface area contributed by atoms with Crippen LogP contribution in [0.4, 0.5) is 0 Å². The Morgan fingerprint density at radius 2 is 1.35 bits per heavy atom. The number of hydrogen-bond donors (Lipinski definition) is 0. The molecule has 0 aromatic heterocycles. The summed E-state index contributed by atoms with van der Waals surface area (Å²) in [6.45, 7) is 10.2. The Kier molecular flexibility index (Phi) is 12.4. The topological polar surface area (TPSA) is 27.7 Å². The van der Waals surface area contributed by atoms with Crippen molar-refractivity contribution in [2.75, 3.05) is 30.9 Å². The van der Waals surface area contributed by atoms with E-state index < -0.39 is 8.80 Å². The lowest BCUT2D eigenvalue weighted by atomic mass is 10.4. The van der Waals surface area contributed by atoms with Gasteiger partial charge in [-0.25, -0.2) is 0 Å². The Morgan fingerprint density at radius 1 is 0.824 bits per heavy atom. The Labute approximate surface area is 115 Å². The second-order valence-corrected chi connectivity index (χ2v) is 9.10. The van der Waals surface area contributed by atoms with Crippen LogP contribution in [0.3, 0.4) is 0 Å². The van der Waals surface area contributed by atoms with Crippen molar-refractivity contribution in [1.29, 1.82) is 0 Å². The standard InChI is InChI=1S/C11H26O3S2Si/c1-5-9-10-15-16-11-17(12-6-2,13-7-3)14-8-4/h5-11H2,1-4H3. The van der Waals surface area contributed by atoms with Crippen molar-refractivity contribution in [3.05, 3.63) is 0 Å². The molecule has 0 unspecified atom stereocenters. The lowest BCUT2D eigenvalue weighted by molar-refractivity contribution is 0.0774. The maximum atomic E-state index is 5.78. The smallest absolute Gasteiger partial charge is 0.373 e. The largest absolute Gasteiger partial charge is 0.512 e. The third-order valence-corrected chi connectivity index (χ3v) is 8.75. The van der Waals surface area contributed by atoms with Crippen LogP contribution in [0.5, 0.6) is 0 Å². The van der Waals surface area contributed by atoms with E-state index in [-0.39, 0.29) is 0 Å². The average molecular weight is 299 g/mol. The van der Waals surface area contributed by atoms with Gasteiger partial charge in [0.15, 0.2) is 0 Å². The van der Waals surface area contributed by atoms with E-state index in [1.807, 2.05) is 42.4 Å². The molecule has 0 fully saturated rings. The zero-order valence-electron chi connectivity index (χ0n) is 11.5. The Hall–Kier alpha value is 0.797. The molecule has 0 saturated heterocycles. The zero-order chi connectivity index (χ0) is 13.0. The van der Waals surface area contributed by atoms with Gasteiger partial charge in [-0.1, -0.05) is 34.9 Å². The molecule has 104 valence electrons. The molecule has 6 heteroatoms. The van der Waals surface area contributed by atoms with Gasteiger partial charge in [-0.2, -0.15) is 0 Å². The normalized spacial score (nSPS) is 12.0. The first-order valence-electron chi connectivity index (χ1n) is 6.40. The van der Waals surface area contributed by atoms with Gasteiger partial charge in [0.1, 0.15) is 0 Å². The third kappa shape index (κ3) is 8.50. The number of rotatable bonds is 12. The number of unbranched alkanes of at least 4 members (excludes halogenated alkanes) is 1. The van der Waals surface area contributed by atoms with Crippen molar-refractivity contribution >= 4 is 30.4 Å². The van der Waals surface area contributed by atoms with Crippen molar-refractivity contribution in [3.8, 4) is 0 Å². The van der Waals surface area contributed by atoms with E-state index in [1.165, 1.54) is 18.6 Å². The molecule has 17 heavy (non-hydrogen) atoms. The molecule has 0 saturated carbocycles. The predicted molar refractivity (Wildman–Crippen MR) is 80.5 cm³/mol. The van der Waals surface area contributed by atoms with Crippen molar-refractivity contribution < 1.29 is 13.3 Å². The highest BCUT2D eigenvalue weighted by Gasteiger charge is 2.40. The lowest BCUT2D eigenvalue weighted by Crippen LogP contribution is -2.49. The van der Waals surface area contributed by atoms with E-state index >= 15 is 0 Å². The summed E-state index contributed by atoms with van der Waals surface area (Å²) in [5.74, 6) is 1.19. The monoisotopic (exact) mass is 298 g/mol. The second-order valence-electron chi connectivity index (χ2n) is 3.42. The van der Waals surface area contributed by atoms with Crippen molar-refractivity contribution in [1.82, 2.24) is 0 Å². The molecule has 0 aliphatic rings. The zero-order valence-corrected chi connectivity index (χ0v) is 14.1. The SMILES string of the molecule is CCCCSSC[Si](OCC)(OCC)OCC. The lowest BCUT2D eigenvalue weighted by Gasteiger charge is -2.27. The van der Waals surface area contributed by atoms with Crippen LogP contribution in [0, 0.1) is 0 Å². The Morgan fingerprint density at radius 3 is 1.76 bits per heavy atom. The van der Waals surface area contributed by atoms with Gasteiger partial charge in [0.2, 0.25) is 0 Å². The van der Waals surface area contributed by atoms with E-state index in [1.54, 1.807) is 0 Å². The van der Waals surface area contributed by atoms with Gasteiger partial charge in [0.05, 0.1) is 5.38 Å². The van der Waals surface area contributed by atoms with Gasteiger partial charge in [-0.3, -0.25) is 0 Å². The van der Waals surface area contributed by atoms with Crippen molar-refractivity contribution in [3.63, 3.8) is 0 Å². The minimum atomic E-state index is -2.41. The van der Waals surface area contributed by atoms with Gasteiger partial charge in [-0.15, -0.1) is 0 Å². The van der Waals surface area contributed by atoms with E-state index in [0.29, 0.717) is 19.8 Å². The summed E-state index contributed by atoms with van der Waals surface area (Å²) in [5, 5.41) is 0.844. The highest BCUT2D eigenvalue weighted by Crippen LogP contribution is 2.27. The molecule has 0 aromatic carbocycles. The van der Waals surface area contributed by atoms with Crippen molar-refractivity contribution in [2.24, 2.45) is 0 Å². The molecular weight excluding hydrogens is 272 g/mol. The first-order valence-corrected chi connectivity index (χ1v) is 10.8. The fraction of sp³-hybridized carbons (Fsp3) is 1.00. The van der Waals surface area contributed by atoms with Crippen LogP contribution in [-0.2, 0) is 13.3 Å². The van der Waals surface area contributed by atoms with Crippen LogP contribution in [0.1, 0.15) is 40.5 Å². The van der Waals surface area contributed by atoms with E-state index in [0.717, 1.165) is 5.38 Å². The summed E-state index contributed by atoms with van der Waals surface area (Å²) in [4.78, 5) is 0. The molecule has 0 amide bonds. The molecule has 0 aliphatic heterocycles. The third-order valence-electron chi connectivity index (χ3n) is 1.99. The Bertz CT molecular complexity index is 156. The molecule has 0 rings (SSSR count). The Balaban J connectivity index is 4.05. The summed E-state index contributed by atoms with van der Waals surface area (Å²) in [5.41, 5.74) is 0. The average Bonchev–Trinajstić information content (AvgIpc) is 2.30. The van der Waals surface area contributed by atoms with Crippen LogP contribution in [0.25, 0.3) is 0 Å². The highest BCUT2D eigenvalue weighted by atomic mass is 33.1. The fourth-order valence-electron chi connectivity index (χ4n) is 1.29. The molecule has 0 aliphatic carbocycles. The van der Waals surface area contributed by atoms with E-state index in [2.05, 4.69) is 6.92 Å². The number of hydrogen-bond acceptors (Lipinski definition) is 5. The first-order chi connectivity index (χ1) is 8.24.